The Morgan fingerprint density at radius 2 is 1.78 bits per heavy atom. The molecular formula is C14H13N3O. The van der Waals surface area contributed by atoms with Crippen molar-refractivity contribution in [3.63, 3.8) is 0 Å². The molecule has 0 spiro atoms. The van der Waals surface area contributed by atoms with Crippen LogP contribution in [0.15, 0.2) is 36.4 Å². The Kier molecular flexibility index (Phi) is 2.48. The SMILES string of the molecule is COc1ccc(-c2nc3nc(C)ccc3[nH]2)cc1. The van der Waals surface area contributed by atoms with Crippen LogP contribution in [0, 0.1) is 6.92 Å². The van der Waals surface area contributed by atoms with Crippen molar-refractivity contribution in [2.45, 2.75) is 6.92 Å². The van der Waals surface area contributed by atoms with Crippen LogP contribution >= 0.6 is 0 Å². The van der Waals surface area contributed by atoms with Gasteiger partial charge >= 0.3 is 0 Å². The number of pyridine rings is 1. The van der Waals surface area contributed by atoms with Gasteiger partial charge in [-0.05, 0) is 43.3 Å². The van der Waals surface area contributed by atoms with E-state index >= 15 is 0 Å². The minimum atomic E-state index is 0.751. The van der Waals surface area contributed by atoms with Crippen LogP contribution in [0.2, 0.25) is 0 Å². The van der Waals surface area contributed by atoms with Crippen molar-refractivity contribution in [1.29, 1.82) is 0 Å². The van der Waals surface area contributed by atoms with E-state index in [4.69, 9.17) is 4.74 Å². The molecule has 0 atom stereocenters. The molecule has 1 N–H and O–H groups in total. The molecule has 0 aliphatic carbocycles. The number of aromatic nitrogens is 3. The zero-order chi connectivity index (χ0) is 12.5. The van der Waals surface area contributed by atoms with Gasteiger partial charge in [-0.25, -0.2) is 9.97 Å². The zero-order valence-corrected chi connectivity index (χ0v) is 10.3. The van der Waals surface area contributed by atoms with Gasteiger partial charge in [0.25, 0.3) is 0 Å². The Hall–Kier alpha value is -2.36. The summed E-state index contributed by atoms with van der Waals surface area (Å²) in [6, 6.07) is 11.8. The number of aromatic amines is 1. The maximum atomic E-state index is 5.14. The molecule has 0 saturated heterocycles. The number of methoxy groups -OCH3 is 1. The summed E-state index contributed by atoms with van der Waals surface area (Å²) < 4.78 is 5.14. The minimum Gasteiger partial charge on any atom is -0.497 e. The maximum absolute atomic E-state index is 5.14. The van der Waals surface area contributed by atoms with Gasteiger partial charge in [0.1, 0.15) is 11.6 Å². The van der Waals surface area contributed by atoms with Crippen molar-refractivity contribution >= 4 is 11.2 Å². The lowest BCUT2D eigenvalue weighted by Crippen LogP contribution is -1.84. The van der Waals surface area contributed by atoms with Crippen molar-refractivity contribution in [3.8, 4) is 17.1 Å². The Morgan fingerprint density at radius 1 is 1.00 bits per heavy atom. The molecule has 1 aromatic carbocycles. The third kappa shape index (κ3) is 1.82. The lowest BCUT2D eigenvalue weighted by molar-refractivity contribution is 0.415. The van der Waals surface area contributed by atoms with Crippen LogP contribution in [0.1, 0.15) is 5.69 Å². The summed E-state index contributed by atoms with van der Waals surface area (Å²) in [5.41, 5.74) is 3.69. The third-order valence-corrected chi connectivity index (χ3v) is 2.85. The highest BCUT2D eigenvalue weighted by Gasteiger charge is 2.06. The molecule has 90 valence electrons. The first kappa shape index (κ1) is 10.8. The molecule has 0 unspecified atom stereocenters. The number of H-pyrrole nitrogens is 1. The maximum Gasteiger partial charge on any atom is 0.178 e. The van der Waals surface area contributed by atoms with E-state index < -0.39 is 0 Å². The van der Waals surface area contributed by atoms with E-state index in [9.17, 15) is 0 Å². The van der Waals surface area contributed by atoms with Crippen LogP contribution in [0.5, 0.6) is 5.75 Å². The van der Waals surface area contributed by atoms with Gasteiger partial charge in [0.05, 0.1) is 12.6 Å². The lowest BCUT2D eigenvalue weighted by atomic mass is 10.2. The predicted octanol–water partition coefficient (Wildman–Crippen LogP) is 2.94. The molecule has 4 nitrogen and oxygen atoms in total. The second-order valence-corrected chi connectivity index (χ2v) is 4.14. The summed E-state index contributed by atoms with van der Waals surface area (Å²) in [6.45, 7) is 1.96. The van der Waals surface area contributed by atoms with Gasteiger partial charge < -0.3 is 9.72 Å². The topological polar surface area (TPSA) is 50.8 Å². The van der Waals surface area contributed by atoms with E-state index in [0.29, 0.717) is 0 Å². The highest BCUT2D eigenvalue weighted by Crippen LogP contribution is 2.22. The van der Waals surface area contributed by atoms with Crippen LogP contribution in [-0.2, 0) is 0 Å². The molecule has 0 fully saturated rings. The first-order valence-electron chi connectivity index (χ1n) is 5.74. The standard InChI is InChI=1S/C14H13N3O/c1-9-3-8-12-14(15-9)17-13(16-12)10-4-6-11(18-2)7-5-10/h3-8H,1-2H3,(H,15,16,17). The van der Waals surface area contributed by atoms with E-state index in [1.165, 1.54) is 0 Å². The molecule has 2 heterocycles. The highest BCUT2D eigenvalue weighted by molar-refractivity contribution is 5.76. The van der Waals surface area contributed by atoms with E-state index in [2.05, 4.69) is 15.0 Å². The Morgan fingerprint density at radius 3 is 2.50 bits per heavy atom. The molecule has 0 amide bonds. The molecule has 3 rings (SSSR count). The number of imidazole rings is 1. The fourth-order valence-corrected chi connectivity index (χ4v) is 1.87. The quantitative estimate of drug-likeness (QED) is 0.748. The first-order chi connectivity index (χ1) is 8.76. The summed E-state index contributed by atoms with van der Waals surface area (Å²) >= 11 is 0. The zero-order valence-electron chi connectivity index (χ0n) is 10.3. The number of benzene rings is 1. The molecule has 0 aliphatic heterocycles. The Bertz CT molecular complexity index is 686. The molecule has 18 heavy (non-hydrogen) atoms. The van der Waals surface area contributed by atoms with Gasteiger partial charge in [0, 0.05) is 11.3 Å². The second kappa shape index (κ2) is 4.14. The average Bonchev–Trinajstić information content (AvgIpc) is 2.81. The molecule has 0 bridgehead atoms. The fraction of sp³-hybridized carbons (Fsp3) is 0.143. The van der Waals surface area contributed by atoms with Gasteiger partial charge in [-0.3, -0.25) is 0 Å². The molecule has 4 heteroatoms. The number of hydrogen-bond donors (Lipinski definition) is 1. The molecule has 0 aliphatic rings. The highest BCUT2D eigenvalue weighted by atomic mass is 16.5. The van der Waals surface area contributed by atoms with Crippen molar-refractivity contribution < 1.29 is 4.74 Å². The van der Waals surface area contributed by atoms with Gasteiger partial charge in [-0.1, -0.05) is 0 Å². The van der Waals surface area contributed by atoms with Crippen molar-refractivity contribution in [2.75, 3.05) is 7.11 Å². The molecule has 0 radical (unpaired) electrons. The lowest BCUT2D eigenvalue weighted by Gasteiger charge is -2.00. The van der Waals surface area contributed by atoms with Crippen LogP contribution < -0.4 is 4.74 Å². The number of fused-ring (bicyclic) bond motifs is 1. The van der Waals surface area contributed by atoms with Crippen molar-refractivity contribution in [1.82, 2.24) is 15.0 Å². The fourth-order valence-electron chi connectivity index (χ4n) is 1.87. The molecular weight excluding hydrogens is 226 g/mol. The first-order valence-corrected chi connectivity index (χ1v) is 5.74. The van der Waals surface area contributed by atoms with Gasteiger partial charge in [0.15, 0.2) is 5.65 Å². The number of rotatable bonds is 2. The normalized spacial score (nSPS) is 10.8. The van der Waals surface area contributed by atoms with Crippen molar-refractivity contribution in [3.05, 3.63) is 42.1 Å². The van der Waals surface area contributed by atoms with Crippen LogP contribution in [0.3, 0.4) is 0 Å². The molecule has 3 aromatic rings. The van der Waals surface area contributed by atoms with E-state index in [1.54, 1.807) is 7.11 Å². The number of aryl methyl sites for hydroxylation is 1. The summed E-state index contributed by atoms with van der Waals surface area (Å²) in [5.74, 6) is 1.66. The van der Waals surface area contributed by atoms with Crippen LogP contribution in [0.4, 0.5) is 0 Å². The van der Waals surface area contributed by atoms with Gasteiger partial charge in [-0.2, -0.15) is 0 Å². The Labute approximate surface area is 105 Å². The summed E-state index contributed by atoms with van der Waals surface area (Å²) in [5, 5.41) is 0. The summed E-state index contributed by atoms with van der Waals surface area (Å²) in [6.07, 6.45) is 0. The molecule has 0 saturated carbocycles. The number of hydrogen-bond acceptors (Lipinski definition) is 3. The number of nitrogens with one attached hydrogen (secondary N) is 1. The number of ether oxygens (including phenoxy) is 1. The predicted molar refractivity (Wildman–Crippen MR) is 70.6 cm³/mol. The van der Waals surface area contributed by atoms with Crippen LogP contribution in [-0.4, -0.2) is 22.1 Å². The van der Waals surface area contributed by atoms with Gasteiger partial charge in [0.2, 0.25) is 0 Å². The number of nitrogens with zero attached hydrogens (tertiary/aromatic N) is 2. The minimum absolute atomic E-state index is 0.751. The monoisotopic (exact) mass is 239 g/mol. The smallest absolute Gasteiger partial charge is 0.178 e. The van der Waals surface area contributed by atoms with Gasteiger partial charge in [-0.15, -0.1) is 0 Å². The third-order valence-electron chi connectivity index (χ3n) is 2.85. The average molecular weight is 239 g/mol. The summed E-state index contributed by atoms with van der Waals surface area (Å²) in [7, 11) is 1.66. The van der Waals surface area contributed by atoms with Crippen LogP contribution in [0.25, 0.3) is 22.6 Å². The van der Waals surface area contributed by atoms with E-state index in [-0.39, 0.29) is 0 Å². The Balaban J connectivity index is 2.07. The largest absolute Gasteiger partial charge is 0.497 e. The van der Waals surface area contributed by atoms with E-state index in [1.807, 2.05) is 43.3 Å². The second-order valence-electron chi connectivity index (χ2n) is 4.14. The van der Waals surface area contributed by atoms with Crippen molar-refractivity contribution in [2.24, 2.45) is 0 Å². The molecule has 2 aromatic heterocycles. The summed E-state index contributed by atoms with van der Waals surface area (Å²) in [4.78, 5) is 12.1. The van der Waals surface area contributed by atoms with E-state index in [0.717, 1.165) is 34.0 Å².